The molecule has 39 heavy (non-hydrogen) atoms. The molecule has 0 unspecified atom stereocenters. The number of carbonyl (C=O) groups excluding carboxylic acids is 2. The van der Waals surface area contributed by atoms with E-state index in [2.05, 4.69) is 16.7 Å². The van der Waals surface area contributed by atoms with Gasteiger partial charge in [0, 0.05) is 36.7 Å². The van der Waals surface area contributed by atoms with Crippen LogP contribution in [0.15, 0.2) is 91.1 Å². The molecule has 0 N–H and O–H groups in total. The topological polar surface area (TPSA) is 70.0 Å². The Balaban J connectivity index is 1.43. The summed E-state index contributed by atoms with van der Waals surface area (Å²) in [5.74, 6) is 0.185. The van der Waals surface area contributed by atoms with E-state index in [1.165, 1.54) is 5.56 Å². The van der Waals surface area contributed by atoms with Gasteiger partial charge in [-0.25, -0.2) is 9.59 Å². The van der Waals surface area contributed by atoms with Crippen LogP contribution in [0.25, 0.3) is 10.9 Å². The lowest BCUT2D eigenvalue weighted by atomic mass is 10.1. The van der Waals surface area contributed by atoms with E-state index >= 15 is 0 Å². The molecule has 0 saturated heterocycles. The van der Waals surface area contributed by atoms with Gasteiger partial charge in [0.25, 0.3) is 0 Å². The zero-order valence-corrected chi connectivity index (χ0v) is 22.8. The lowest BCUT2D eigenvalue weighted by Crippen LogP contribution is -2.39. The van der Waals surface area contributed by atoms with Crippen molar-refractivity contribution >= 4 is 23.0 Å². The van der Waals surface area contributed by atoms with E-state index in [1.807, 2.05) is 79.0 Å². The number of benzene rings is 3. The maximum Gasteiger partial charge on any atom is 0.410 e. The Morgan fingerprint density at radius 3 is 2.23 bits per heavy atom. The highest BCUT2D eigenvalue weighted by Gasteiger charge is 2.31. The highest BCUT2D eigenvalue weighted by Crippen LogP contribution is 2.26. The fourth-order valence-electron chi connectivity index (χ4n) is 4.32. The lowest BCUT2D eigenvalue weighted by molar-refractivity contribution is -0.158. The normalized spacial score (nSPS) is 11.3. The number of aromatic nitrogens is 1. The van der Waals surface area contributed by atoms with Gasteiger partial charge in [0.2, 0.25) is 0 Å². The number of hydrogen-bond donors (Lipinski definition) is 0. The summed E-state index contributed by atoms with van der Waals surface area (Å²) in [7, 11) is 0. The molecule has 7 nitrogen and oxygen atoms in total. The number of esters is 1. The second-order valence-corrected chi connectivity index (χ2v) is 9.83. The van der Waals surface area contributed by atoms with Gasteiger partial charge >= 0.3 is 12.1 Å². The molecule has 4 rings (SSSR count). The third-order valence-corrected chi connectivity index (χ3v) is 6.47. The monoisotopic (exact) mass is 528 g/mol. The maximum atomic E-state index is 13.1. The second-order valence-electron chi connectivity index (χ2n) is 9.83. The molecule has 0 atom stereocenters. The predicted molar refractivity (Wildman–Crippen MR) is 152 cm³/mol. The van der Waals surface area contributed by atoms with Crippen molar-refractivity contribution in [2.75, 3.05) is 19.7 Å². The summed E-state index contributed by atoms with van der Waals surface area (Å²) >= 11 is 0. The van der Waals surface area contributed by atoms with Crippen molar-refractivity contribution in [3.05, 3.63) is 102 Å². The van der Waals surface area contributed by atoms with Gasteiger partial charge in [-0.1, -0.05) is 60.7 Å². The number of rotatable bonds is 12. The van der Waals surface area contributed by atoms with E-state index in [4.69, 9.17) is 14.2 Å². The summed E-state index contributed by atoms with van der Waals surface area (Å²) in [5.41, 5.74) is 2.04. The van der Waals surface area contributed by atoms with Gasteiger partial charge in [-0.3, -0.25) is 0 Å². The Morgan fingerprint density at radius 2 is 1.54 bits per heavy atom. The van der Waals surface area contributed by atoms with Crippen molar-refractivity contribution in [1.29, 1.82) is 0 Å². The first-order valence-corrected chi connectivity index (χ1v) is 13.3. The minimum absolute atomic E-state index is 0.235. The Labute approximate surface area is 229 Å². The molecule has 0 aliphatic heterocycles. The van der Waals surface area contributed by atoms with Crippen molar-refractivity contribution in [1.82, 2.24) is 9.47 Å². The smallest absolute Gasteiger partial charge is 0.410 e. The van der Waals surface area contributed by atoms with E-state index < -0.39 is 11.6 Å². The zero-order valence-electron chi connectivity index (χ0n) is 22.8. The summed E-state index contributed by atoms with van der Waals surface area (Å²) in [4.78, 5) is 27.1. The number of hydrogen-bond acceptors (Lipinski definition) is 5. The minimum atomic E-state index is -1.09. The summed E-state index contributed by atoms with van der Waals surface area (Å²) in [6.45, 7) is 7.36. The van der Waals surface area contributed by atoms with Crippen LogP contribution in [0, 0.1) is 0 Å². The third-order valence-electron chi connectivity index (χ3n) is 6.47. The van der Waals surface area contributed by atoms with Crippen molar-refractivity contribution in [2.24, 2.45) is 0 Å². The molecule has 0 aliphatic carbocycles. The summed E-state index contributed by atoms with van der Waals surface area (Å²) in [5, 5.41) is 0.981. The molecule has 0 saturated carbocycles. The molecule has 1 heterocycles. The van der Waals surface area contributed by atoms with Gasteiger partial charge in [0.15, 0.2) is 5.60 Å². The van der Waals surface area contributed by atoms with Crippen molar-refractivity contribution in [3.63, 3.8) is 0 Å². The molecular weight excluding hydrogens is 492 g/mol. The van der Waals surface area contributed by atoms with Gasteiger partial charge in [0.1, 0.15) is 12.4 Å². The standard InChI is InChI=1S/C32H36N2O5/c1-4-37-30(35)32(2,3)39-28-15-16-29-27(23-28)18-20-33(29)21-22-34(19-17-25-11-7-5-8-12-25)31(36)38-24-26-13-9-6-10-14-26/h5-16,18,20,23H,4,17,19,21-22,24H2,1-3H3. The first-order valence-electron chi connectivity index (χ1n) is 13.3. The molecular formula is C32H36N2O5. The van der Waals surface area contributed by atoms with E-state index in [-0.39, 0.29) is 12.7 Å². The Hall–Kier alpha value is -4.26. The van der Waals surface area contributed by atoms with Gasteiger partial charge in [0.05, 0.1) is 6.61 Å². The molecule has 1 aromatic heterocycles. The average molecular weight is 529 g/mol. The fraction of sp³-hybridized carbons (Fsp3) is 0.312. The van der Waals surface area contributed by atoms with Crippen LogP contribution in [-0.2, 0) is 33.8 Å². The lowest BCUT2D eigenvalue weighted by Gasteiger charge is -2.24. The van der Waals surface area contributed by atoms with Crippen LogP contribution < -0.4 is 4.74 Å². The zero-order chi connectivity index (χ0) is 27.7. The Morgan fingerprint density at radius 1 is 0.846 bits per heavy atom. The molecule has 3 aromatic carbocycles. The first-order chi connectivity index (χ1) is 18.9. The maximum absolute atomic E-state index is 13.1. The fourth-order valence-corrected chi connectivity index (χ4v) is 4.32. The van der Waals surface area contributed by atoms with E-state index in [9.17, 15) is 9.59 Å². The van der Waals surface area contributed by atoms with E-state index in [1.54, 1.807) is 25.7 Å². The molecule has 7 heteroatoms. The van der Waals surface area contributed by atoms with Crippen LogP contribution in [0.5, 0.6) is 5.75 Å². The molecule has 0 bridgehead atoms. The SMILES string of the molecule is CCOC(=O)C(C)(C)Oc1ccc2c(ccn2CCN(CCc2ccccc2)C(=O)OCc2ccccc2)c1. The van der Waals surface area contributed by atoms with Crippen LogP contribution in [0.2, 0.25) is 0 Å². The van der Waals surface area contributed by atoms with E-state index in [0.717, 1.165) is 22.9 Å². The van der Waals surface area contributed by atoms with Crippen molar-refractivity contribution < 1.29 is 23.8 Å². The molecule has 1 amide bonds. The largest absolute Gasteiger partial charge is 0.476 e. The molecule has 4 aromatic rings. The van der Waals surface area contributed by atoms with Crippen LogP contribution in [-0.4, -0.2) is 46.8 Å². The van der Waals surface area contributed by atoms with E-state index in [0.29, 0.717) is 32.0 Å². The number of ether oxygens (including phenoxy) is 3. The van der Waals surface area contributed by atoms with Crippen molar-refractivity contribution in [3.8, 4) is 5.75 Å². The number of fused-ring (bicyclic) bond motifs is 1. The summed E-state index contributed by atoms with van der Waals surface area (Å²) in [6, 6.07) is 27.5. The molecule has 0 fully saturated rings. The highest BCUT2D eigenvalue weighted by molar-refractivity contribution is 5.82. The number of carbonyl (C=O) groups is 2. The average Bonchev–Trinajstić information content (AvgIpc) is 3.35. The molecule has 204 valence electrons. The summed E-state index contributed by atoms with van der Waals surface area (Å²) in [6.07, 6.45) is 2.41. The predicted octanol–water partition coefficient (Wildman–Crippen LogP) is 6.24. The summed E-state index contributed by atoms with van der Waals surface area (Å²) < 4.78 is 18.8. The second kappa shape index (κ2) is 13.0. The Bertz CT molecular complexity index is 1370. The number of nitrogens with zero attached hydrogens (tertiary/aromatic N) is 2. The molecule has 0 radical (unpaired) electrons. The third kappa shape index (κ3) is 7.63. The minimum Gasteiger partial charge on any atom is -0.476 e. The molecule has 0 spiro atoms. The van der Waals surface area contributed by atoms with Gasteiger partial charge in [-0.15, -0.1) is 0 Å². The van der Waals surface area contributed by atoms with Crippen molar-refractivity contribution in [2.45, 2.75) is 45.9 Å². The van der Waals surface area contributed by atoms with Crippen LogP contribution in [0.3, 0.4) is 0 Å². The highest BCUT2D eigenvalue weighted by atomic mass is 16.6. The first kappa shape index (κ1) is 27.8. The van der Waals surface area contributed by atoms with Crippen LogP contribution >= 0.6 is 0 Å². The van der Waals surface area contributed by atoms with Gasteiger partial charge in [-0.05, 0) is 62.6 Å². The Kier molecular flexibility index (Phi) is 9.26. The van der Waals surface area contributed by atoms with Gasteiger partial charge in [-0.2, -0.15) is 0 Å². The van der Waals surface area contributed by atoms with Gasteiger partial charge < -0.3 is 23.7 Å². The van der Waals surface area contributed by atoms with Crippen LogP contribution in [0.1, 0.15) is 31.9 Å². The van der Waals surface area contributed by atoms with Crippen LogP contribution in [0.4, 0.5) is 4.79 Å². The quantitative estimate of drug-likeness (QED) is 0.204. The number of amides is 1. The molecule has 0 aliphatic rings.